The molecule has 0 aliphatic carbocycles. The molecule has 6 nitrogen and oxygen atoms in total. The topological polar surface area (TPSA) is 76.9 Å². The van der Waals surface area contributed by atoms with Crippen LogP contribution in [0.2, 0.25) is 0 Å². The van der Waals surface area contributed by atoms with Crippen LogP contribution in [-0.4, -0.2) is 23.2 Å². The number of hydrogen-bond acceptors (Lipinski definition) is 4. The lowest BCUT2D eigenvalue weighted by molar-refractivity contribution is 0.578. The minimum absolute atomic E-state index is 0.0799. The van der Waals surface area contributed by atoms with E-state index in [1.807, 2.05) is 13.0 Å². The average molecular weight is 280 g/mol. The van der Waals surface area contributed by atoms with E-state index in [0.29, 0.717) is 5.82 Å². The van der Waals surface area contributed by atoms with Crippen LogP contribution in [0.5, 0.6) is 0 Å². The highest BCUT2D eigenvalue weighted by Crippen LogP contribution is 2.16. The van der Waals surface area contributed by atoms with Crippen LogP contribution in [-0.2, 0) is 23.6 Å². The smallest absolute Gasteiger partial charge is 0.241 e. The Kier molecular flexibility index (Phi) is 3.68. The first kappa shape index (κ1) is 13.7. The van der Waals surface area contributed by atoms with Crippen molar-refractivity contribution in [3.8, 4) is 0 Å². The highest BCUT2D eigenvalue weighted by molar-refractivity contribution is 7.89. The van der Waals surface area contributed by atoms with Crippen molar-refractivity contribution in [3.63, 3.8) is 0 Å². The summed E-state index contributed by atoms with van der Waals surface area (Å²) in [6, 6.07) is 5.23. The summed E-state index contributed by atoms with van der Waals surface area (Å²) in [6.07, 6.45) is 1.53. The van der Waals surface area contributed by atoms with Crippen LogP contribution >= 0.6 is 0 Å². The number of aromatic nitrogens is 3. The Morgan fingerprint density at radius 1 is 1.32 bits per heavy atom. The zero-order valence-electron chi connectivity index (χ0n) is 11.1. The fourth-order valence-electron chi connectivity index (χ4n) is 1.80. The molecule has 0 amide bonds. The molecule has 0 unspecified atom stereocenters. The van der Waals surface area contributed by atoms with E-state index in [2.05, 4.69) is 14.8 Å². The third kappa shape index (κ3) is 3.18. The van der Waals surface area contributed by atoms with Crippen LogP contribution in [0.15, 0.2) is 29.4 Å². The molecule has 0 saturated carbocycles. The monoisotopic (exact) mass is 280 g/mol. The van der Waals surface area contributed by atoms with Crippen molar-refractivity contribution in [1.82, 2.24) is 19.5 Å². The molecule has 2 rings (SSSR count). The standard InChI is InChI=1S/C12H16N4O2S/c1-9-4-5-11(10(2)6-9)19(17,18)14-7-12-13-8-16(3)15-12/h4-6,8,14H,7H2,1-3H3. The lowest BCUT2D eigenvalue weighted by atomic mass is 10.2. The number of nitrogens with one attached hydrogen (secondary N) is 1. The molecule has 1 heterocycles. The summed E-state index contributed by atoms with van der Waals surface area (Å²) in [7, 11) is -1.80. The van der Waals surface area contributed by atoms with Gasteiger partial charge in [0.05, 0.1) is 11.4 Å². The average Bonchev–Trinajstić information content (AvgIpc) is 2.72. The first-order chi connectivity index (χ1) is 8.88. The van der Waals surface area contributed by atoms with Gasteiger partial charge in [0.2, 0.25) is 10.0 Å². The van der Waals surface area contributed by atoms with Gasteiger partial charge in [0, 0.05) is 7.05 Å². The minimum atomic E-state index is -3.54. The maximum absolute atomic E-state index is 12.2. The van der Waals surface area contributed by atoms with Crippen molar-refractivity contribution >= 4 is 10.0 Å². The summed E-state index contributed by atoms with van der Waals surface area (Å²) in [5, 5.41) is 4.02. The molecule has 2 aromatic rings. The van der Waals surface area contributed by atoms with Gasteiger partial charge in [-0.05, 0) is 25.5 Å². The van der Waals surface area contributed by atoms with Gasteiger partial charge in [-0.1, -0.05) is 17.7 Å². The molecule has 0 aliphatic heterocycles. The Balaban J connectivity index is 2.18. The molecule has 0 radical (unpaired) electrons. The number of rotatable bonds is 4. The van der Waals surface area contributed by atoms with Gasteiger partial charge in [0.15, 0.2) is 5.82 Å². The summed E-state index contributed by atoms with van der Waals surface area (Å²) < 4.78 is 28.4. The molecule has 0 aliphatic rings. The quantitative estimate of drug-likeness (QED) is 0.903. The van der Waals surface area contributed by atoms with Crippen LogP contribution in [0, 0.1) is 13.8 Å². The second kappa shape index (κ2) is 5.10. The Morgan fingerprint density at radius 3 is 2.63 bits per heavy atom. The number of nitrogens with zero attached hydrogens (tertiary/aromatic N) is 3. The molecule has 0 atom stereocenters. The maximum Gasteiger partial charge on any atom is 0.241 e. The van der Waals surface area contributed by atoms with Crippen molar-refractivity contribution in [1.29, 1.82) is 0 Å². The lowest BCUT2D eigenvalue weighted by Crippen LogP contribution is -2.24. The number of benzene rings is 1. The Labute approximate surface area is 112 Å². The van der Waals surface area contributed by atoms with Crippen molar-refractivity contribution in [3.05, 3.63) is 41.5 Å². The molecule has 102 valence electrons. The van der Waals surface area contributed by atoms with Crippen molar-refractivity contribution in [2.24, 2.45) is 7.05 Å². The molecule has 1 N–H and O–H groups in total. The molecular weight excluding hydrogens is 264 g/mol. The van der Waals surface area contributed by atoms with Gasteiger partial charge < -0.3 is 0 Å². The second-order valence-electron chi connectivity index (χ2n) is 4.43. The van der Waals surface area contributed by atoms with E-state index in [1.54, 1.807) is 26.1 Å². The van der Waals surface area contributed by atoms with E-state index in [9.17, 15) is 8.42 Å². The van der Waals surface area contributed by atoms with E-state index >= 15 is 0 Å². The Hall–Kier alpha value is -1.73. The molecule has 1 aromatic carbocycles. The summed E-state index contributed by atoms with van der Waals surface area (Å²) in [6.45, 7) is 3.78. The Morgan fingerprint density at radius 2 is 2.05 bits per heavy atom. The van der Waals surface area contributed by atoms with Gasteiger partial charge in [-0.3, -0.25) is 4.68 Å². The fraction of sp³-hybridized carbons (Fsp3) is 0.333. The van der Waals surface area contributed by atoms with Crippen LogP contribution < -0.4 is 4.72 Å². The number of hydrogen-bond donors (Lipinski definition) is 1. The first-order valence-corrected chi connectivity index (χ1v) is 7.28. The van der Waals surface area contributed by atoms with Gasteiger partial charge in [-0.2, -0.15) is 5.10 Å². The van der Waals surface area contributed by atoms with E-state index in [4.69, 9.17) is 0 Å². The first-order valence-electron chi connectivity index (χ1n) is 5.80. The van der Waals surface area contributed by atoms with E-state index in [-0.39, 0.29) is 11.4 Å². The van der Waals surface area contributed by atoms with Crippen molar-refractivity contribution in [2.75, 3.05) is 0 Å². The minimum Gasteiger partial charge on any atom is -0.256 e. The van der Waals surface area contributed by atoms with Gasteiger partial charge >= 0.3 is 0 Å². The van der Waals surface area contributed by atoms with Crippen LogP contribution in [0.4, 0.5) is 0 Å². The number of sulfonamides is 1. The zero-order valence-corrected chi connectivity index (χ0v) is 11.9. The molecule has 0 bridgehead atoms. The van der Waals surface area contributed by atoms with Gasteiger partial charge in [-0.25, -0.2) is 18.1 Å². The molecule has 0 spiro atoms. The van der Waals surface area contributed by atoms with E-state index in [0.717, 1.165) is 11.1 Å². The summed E-state index contributed by atoms with van der Waals surface area (Å²) in [4.78, 5) is 4.26. The SMILES string of the molecule is Cc1ccc(S(=O)(=O)NCc2ncn(C)n2)c(C)c1. The molecule has 1 aromatic heterocycles. The third-order valence-electron chi connectivity index (χ3n) is 2.69. The molecule has 7 heteroatoms. The Bertz CT molecular complexity index is 692. The summed E-state index contributed by atoms with van der Waals surface area (Å²) in [5.41, 5.74) is 1.75. The number of aryl methyl sites for hydroxylation is 3. The predicted molar refractivity (Wildman–Crippen MR) is 70.9 cm³/mol. The molecular formula is C12H16N4O2S. The van der Waals surface area contributed by atoms with Gasteiger partial charge in [0.1, 0.15) is 6.33 Å². The molecule has 0 saturated heterocycles. The lowest BCUT2D eigenvalue weighted by Gasteiger charge is -2.08. The van der Waals surface area contributed by atoms with Gasteiger partial charge in [0.25, 0.3) is 0 Å². The highest BCUT2D eigenvalue weighted by Gasteiger charge is 2.17. The third-order valence-corrected chi connectivity index (χ3v) is 4.25. The van der Waals surface area contributed by atoms with E-state index < -0.39 is 10.0 Å². The zero-order chi connectivity index (χ0) is 14.0. The second-order valence-corrected chi connectivity index (χ2v) is 6.16. The van der Waals surface area contributed by atoms with E-state index in [1.165, 1.54) is 11.0 Å². The summed E-state index contributed by atoms with van der Waals surface area (Å²) in [5.74, 6) is 0.441. The van der Waals surface area contributed by atoms with Crippen LogP contribution in [0.25, 0.3) is 0 Å². The summed E-state index contributed by atoms with van der Waals surface area (Å²) >= 11 is 0. The predicted octanol–water partition coefficient (Wildman–Crippen LogP) is 0.910. The molecule has 19 heavy (non-hydrogen) atoms. The van der Waals surface area contributed by atoms with Gasteiger partial charge in [-0.15, -0.1) is 0 Å². The van der Waals surface area contributed by atoms with Crippen LogP contribution in [0.3, 0.4) is 0 Å². The normalized spacial score (nSPS) is 11.7. The van der Waals surface area contributed by atoms with Crippen molar-refractivity contribution < 1.29 is 8.42 Å². The maximum atomic E-state index is 12.2. The van der Waals surface area contributed by atoms with Crippen LogP contribution in [0.1, 0.15) is 17.0 Å². The highest BCUT2D eigenvalue weighted by atomic mass is 32.2. The largest absolute Gasteiger partial charge is 0.256 e. The van der Waals surface area contributed by atoms with Crippen molar-refractivity contribution in [2.45, 2.75) is 25.3 Å². The fourth-order valence-corrected chi connectivity index (χ4v) is 3.01. The molecule has 0 fully saturated rings.